The summed E-state index contributed by atoms with van der Waals surface area (Å²) in [4.78, 5) is 26.9. The molecule has 1 rings (SSSR count). The van der Waals surface area contributed by atoms with Gasteiger partial charge in [0.1, 0.15) is 0 Å². The fraction of sp³-hybridized carbons (Fsp3) is 0.500. The molecule has 8 heteroatoms. The van der Waals surface area contributed by atoms with Crippen molar-refractivity contribution in [2.75, 3.05) is 39.0 Å². The topological polar surface area (TPSA) is 52.7 Å². The molecule has 0 saturated heterocycles. The van der Waals surface area contributed by atoms with Gasteiger partial charge in [0.15, 0.2) is 0 Å². The van der Waals surface area contributed by atoms with E-state index in [1.165, 1.54) is 24.0 Å². The van der Waals surface area contributed by atoms with E-state index < -0.39 is 17.6 Å². The Morgan fingerprint density at radius 3 is 2.38 bits per heavy atom. The van der Waals surface area contributed by atoms with E-state index in [1.54, 1.807) is 0 Å². The second kappa shape index (κ2) is 8.68. The number of anilines is 1. The van der Waals surface area contributed by atoms with Crippen molar-refractivity contribution in [2.24, 2.45) is 0 Å². The average molecular weight is 345 g/mol. The predicted octanol–water partition coefficient (Wildman–Crippen LogP) is 2.44. The lowest BCUT2D eigenvalue weighted by atomic mass is 10.2. The molecule has 5 nitrogen and oxygen atoms in total. The quantitative estimate of drug-likeness (QED) is 0.826. The number of nitrogens with one attached hydrogen (secondary N) is 1. The molecule has 1 aromatic carbocycles. The summed E-state index contributed by atoms with van der Waals surface area (Å²) >= 11 is 0. The maximum absolute atomic E-state index is 12.7. The van der Waals surface area contributed by atoms with Gasteiger partial charge in [0.2, 0.25) is 11.8 Å². The van der Waals surface area contributed by atoms with Gasteiger partial charge in [0.25, 0.3) is 0 Å². The first-order valence-corrected chi connectivity index (χ1v) is 7.47. The molecule has 0 spiro atoms. The van der Waals surface area contributed by atoms with Gasteiger partial charge in [-0.1, -0.05) is 6.07 Å². The van der Waals surface area contributed by atoms with Gasteiger partial charge in [-0.15, -0.1) is 0 Å². The van der Waals surface area contributed by atoms with E-state index in [0.717, 1.165) is 18.7 Å². The summed E-state index contributed by atoms with van der Waals surface area (Å²) in [5, 5.41) is 2.40. The Balaban J connectivity index is 2.64. The number of nitrogens with zero attached hydrogens (tertiary/aromatic N) is 2. The van der Waals surface area contributed by atoms with E-state index in [1.807, 2.05) is 19.0 Å². The molecule has 2 amide bonds. The van der Waals surface area contributed by atoms with Crippen LogP contribution in [0.3, 0.4) is 0 Å². The van der Waals surface area contributed by atoms with E-state index in [9.17, 15) is 22.8 Å². The number of carbonyl (C=O) groups is 2. The molecule has 24 heavy (non-hydrogen) atoms. The fourth-order valence-electron chi connectivity index (χ4n) is 2.07. The number of benzene rings is 1. The number of carbonyl (C=O) groups excluding carboxylic acids is 2. The first-order valence-electron chi connectivity index (χ1n) is 7.47. The fourth-order valence-corrected chi connectivity index (χ4v) is 2.07. The van der Waals surface area contributed by atoms with E-state index >= 15 is 0 Å². The van der Waals surface area contributed by atoms with Crippen LogP contribution in [0.5, 0.6) is 0 Å². The van der Waals surface area contributed by atoms with Crippen LogP contribution in [0.4, 0.5) is 18.9 Å². The molecular weight excluding hydrogens is 323 g/mol. The minimum Gasteiger partial charge on any atom is -0.334 e. The van der Waals surface area contributed by atoms with Crippen molar-refractivity contribution in [3.8, 4) is 0 Å². The third-order valence-electron chi connectivity index (χ3n) is 3.29. The summed E-state index contributed by atoms with van der Waals surface area (Å²) in [6.45, 7) is 2.33. The van der Waals surface area contributed by atoms with E-state index in [4.69, 9.17) is 0 Å². The lowest BCUT2D eigenvalue weighted by Crippen LogP contribution is -2.38. The molecule has 1 N–H and O–H groups in total. The average Bonchev–Trinajstić information content (AvgIpc) is 2.45. The predicted molar refractivity (Wildman–Crippen MR) is 85.5 cm³/mol. The van der Waals surface area contributed by atoms with Crippen LogP contribution >= 0.6 is 0 Å². The summed E-state index contributed by atoms with van der Waals surface area (Å²) in [7, 11) is 3.80. The Morgan fingerprint density at radius 1 is 1.17 bits per heavy atom. The number of amides is 2. The van der Waals surface area contributed by atoms with Crippen LogP contribution in [0.2, 0.25) is 0 Å². The first-order chi connectivity index (χ1) is 11.1. The molecular formula is C16H22F3N3O2. The van der Waals surface area contributed by atoms with Gasteiger partial charge >= 0.3 is 6.18 Å². The normalized spacial score (nSPS) is 11.5. The minimum atomic E-state index is -4.47. The summed E-state index contributed by atoms with van der Waals surface area (Å²) in [6, 6.07) is 4.39. The van der Waals surface area contributed by atoms with Gasteiger partial charge in [0.05, 0.1) is 12.1 Å². The van der Waals surface area contributed by atoms with Crippen molar-refractivity contribution in [1.82, 2.24) is 9.80 Å². The highest BCUT2D eigenvalue weighted by Gasteiger charge is 2.30. The SMILES string of the molecule is CC(=O)N(CCCN(C)C)CC(=O)Nc1cccc(C(F)(F)F)c1. The second-order valence-electron chi connectivity index (χ2n) is 5.72. The van der Waals surface area contributed by atoms with Crippen LogP contribution in [0.1, 0.15) is 18.9 Å². The molecule has 0 bridgehead atoms. The molecule has 0 radical (unpaired) electrons. The molecule has 0 aliphatic rings. The van der Waals surface area contributed by atoms with Crippen molar-refractivity contribution < 1.29 is 22.8 Å². The Bertz CT molecular complexity index is 574. The van der Waals surface area contributed by atoms with Crippen LogP contribution in [0.15, 0.2) is 24.3 Å². The standard InChI is InChI=1S/C16H22F3N3O2/c1-12(23)22(9-5-8-21(2)3)11-15(24)20-14-7-4-6-13(10-14)16(17,18)19/h4,6-7,10H,5,8-9,11H2,1-3H3,(H,20,24). The largest absolute Gasteiger partial charge is 0.416 e. The van der Waals surface area contributed by atoms with Crippen molar-refractivity contribution in [3.05, 3.63) is 29.8 Å². The maximum Gasteiger partial charge on any atom is 0.416 e. The molecule has 0 aliphatic carbocycles. The Morgan fingerprint density at radius 2 is 1.83 bits per heavy atom. The first kappa shape index (κ1) is 20.0. The zero-order valence-corrected chi connectivity index (χ0v) is 14.0. The van der Waals surface area contributed by atoms with Gasteiger partial charge in [-0.25, -0.2) is 0 Å². The van der Waals surface area contributed by atoms with Crippen LogP contribution in [0.25, 0.3) is 0 Å². The molecule has 0 saturated carbocycles. The zero-order chi connectivity index (χ0) is 18.3. The lowest BCUT2D eigenvalue weighted by Gasteiger charge is -2.21. The van der Waals surface area contributed by atoms with Gasteiger partial charge in [0, 0.05) is 19.2 Å². The van der Waals surface area contributed by atoms with Gasteiger partial charge in [-0.2, -0.15) is 13.2 Å². The molecule has 0 unspecified atom stereocenters. The molecule has 134 valence electrons. The van der Waals surface area contributed by atoms with Crippen LogP contribution < -0.4 is 5.32 Å². The lowest BCUT2D eigenvalue weighted by molar-refractivity contribution is -0.137. The zero-order valence-electron chi connectivity index (χ0n) is 14.0. The number of halogens is 3. The number of hydrogen-bond acceptors (Lipinski definition) is 3. The summed E-state index contributed by atoms with van der Waals surface area (Å²) in [5.41, 5.74) is -0.790. The molecule has 0 atom stereocenters. The molecule has 1 aromatic rings. The summed E-state index contributed by atoms with van der Waals surface area (Å²) < 4.78 is 38.0. The van der Waals surface area contributed by atoms with E-state index in [-0.39, 0.29) is 18.1 Å². The monoisotopic (exact) mass is 345 g/mol. The van der Waals surface area contributed by atoms with Crippen molar-refractivity contribution in [1.29, 1.82) is 0 Å². The van der Waals surface area contributed by atoms with E-state index in [0.29, 0.717) is 13.0 Å². The Hall–Kier alpha value is -2.09. The van der Waals surface area contributed by atoms with Crippen LogP contribution in [0, 0.1) is 0 Å². The van der Waals surface area contributed by atoms with Crippen molar-refractivity contribution in [3.63, 3.8) is 0 Å². The molecule has 0 aromatic heterocycles. The van der Waals surface area contributed by atoms with Gasteiger partial charge in [-0.3, -0.25) is 9.59 Å². The van der Waals surface area contributed by atoms with Gasteiger partial charge in [-0.05, 0) is 45.3 Å². The Kier molecular flexibility index (Phi) is 7.21. The van der Waals surface area contributed by atoms with Crippen molar-refractivity contribution in [2.45, 2.75) is 19.5 Å². The number of rotatable bonds is 7. The third-order valence-corrected chi connectivity index (χ3v) is 3.29. The van der Waals surface area contributed by atoms with Crippen LogP contribution in [-0.4, -0.2) is 55.3 Å². The summed E-state index contributed by atoms with van der Waals surface area (Å²) in [5.74, 6) is -0.790. The highest BCUT2D eigenvalue weighted by molar-refractivity contribution is 5.94. The van der Waals surface area contributed by atoms with Crippen molar-refractivity contribution >= 4 is 17.5 Å². The molecule has 0 aliphatic heterocycles. The minimum absolute atomic E-state index is 0.0478. The summed E-state index contributed by atoms with van der Waals surface area (Å²) in [6.07, 6.45) is -3.78. The maximum atomic E-state index is 12.7. The van der Waals surface area contributed by atoms with Gasteiger partial charge < -0.3 is 15.1 Å². The third kappa shape index (κ3) is 6.99. The number of hydrogen-bond donors (Lipinski definition) is 1. The van der Waals surface area contributed by atoms with Crippen LogP contribution in [-0.2, 0) is 15.8 Å². The smallest absolute Gasteiger partial charge is 0.334 e. The molecule has 0 fully saturated rings. The Labute approximate surface area is 139 Å². The second-order valence-corrected chi connectivity index (χ2v) is 5.72. The van der Waals surface area contributed by atoms with E-state index in [2.05, 4.69) is 5.32 Å². The highest BCUT2D eigenvalue weighted by Crippen LogP contribution is 2.30. The highest BCUT2D eigenvalue weighted by atomic mass is 19.4. The molecule has 0 heterocycles. The number of alkyl halides is 3.